The molecule has 0 aromatic carbocycles. The molecule has 0 amide bonds. The first-order valence-corrected chi connectivity index (χ1v) is 7.19. The summed E-state index contributed by atoms with van der Waals surface area (Å²) in [7, 11) is 0. The van der Waals surface area contributed by atoms with E-state index in [1.807, 2.05) is 6.07 Å². The zero-order valence-electron chi connectivity index (χ0n) is 13.4. The van der Waals surface area contributed by atoms with Crippen LogP contribution < -0.4 is 10.2 Å². The lowest BCUT2D eigenvalue weighted by Gasteiger charge is -2.28. The normalized spacial score (nSPS) is 11.8. The van der Waals surface area contributed by atoms with E-state index in [4.69, 9.17) is 4.98 Å². The number of rotatable bonds is 5. The Bertz CT molecular complexity index is 407. The zero-order valence-corrected chi connectivity index (χ0v) is 13.4. The van der Waals surface area contributed by atoms with Crippen LogP contribution in [-0.2, 0) is 5.41 Å². The molecule has 0 aliphatic carbocycles. The minimum atomic E-state index is -0.0451. The van der Waals surface area contributed by atoms with E-state index in [1.54, 1.807) is 0 Å². The van der Waals surface area contributed by atoms with E-state index in [-0.39, 0.29) is 5.41 Å². The van der Waals surface area contributed by atoms with Gasteiger partial charge >= 0.3 is 0 Å². The molecule has 108 valence electrons. The molecular weight excluding hydrogens is 236 g/mol. The third kappa shape index (κ3) is 4.08. The van der Waals surface area contributed by atoms with Crippen LogP contribution in [0.25, 0.3) is 0 Å². The van der Waals surface area contributed by atoms with Crippen molar-refractivity contribution in [1.82, 2.24) is 9.97 Å². The maximum atomic E-state index is 4.75. The van der Waals surface area contributed by atoms with Crippen LogP contribution in [0.2, 0.25) is 0 Å². The van der Waals surface area contributed by atoms with E-state index in [0.29, 0.717) is 6.04 Å². The van der Waals surface area contributed by atoms with Crippen LogP contribution in [-0.4, -0.2) is 29.1 Å². The molecule has 4 nitrogen and oxygen atoms in total. The van der Waals surface area contributed by atoms with Gasteiger partial charge in [-0.2, -0.15) is 0 Å². The number of nitrogens with one attached hydrogen (secondary N) is 1. The molecular formula is C15H28N4. The van der Waals surface area contributed by atoms with Gasteiger partial charge in [0.2, 0.25) is 0 Å². The quantitative estimate of drug-likeness (QED) is 0.884. The Labute approximate surface area is 117 Å². The summed E-state index contributed by atoms with van der Waals surface area (Å²) in [5.74, 6) is 2.81. The van der Waals surface area contributed by atoms with Crippen LogP contribution >= 0.6 is 0 Å². The summed E-state index contributed by atoms with van der Waals surface area (Å²) in [6.45, 7) is 16.9. The van der Waals surface area contributed by atoms with Gasteiger partial charge in [0.1, 0.15) is 17.5 Å². The maximum Gasteiger partial charge on any atom is 0.138 e. The number of hydrogen-bond donors (Lipinski definition) is 1. The first-order chi connectivity index (χ1) is 8.79. The molecule has 0 bridgehead atoms. The summed E-state index contributed by atoms with van der Waals surface area (Å²) in [6.07, 6.45) is 0. The van der Waals surface area contributed by atoms with Crippen LogP contribution in [0.4, 0.5) is 11.6 Å². The van der Waals surface area contributed by atoms with Crippen molar-refractivity contribution in [2.75, 3.05) is 23.3 Å². The van der Waals surface area contributed by atoms with Gasteiger partial charge in [-0.05, 0) is 27.7 Å². The van der Waals surface area contributed by atoms with E-state index in [1.165, 1.54) is 0 Å². The average molecular weight is 264 g/mol. The smallest absolute Gasteiger partial charge is 0.138 e. The highest BCUT2D eigenvalue weighted by Gasteiger charge is 2.21. The van der Waals surface area contributed by atoms with Crippen molar-refractivity contribution >= 4 is 11.6 Å². The van der Waals surface area contributed by atoms with E-state index in [0.717, 1.165) is 30.5 Å². The Morgan fingerprint density at radius 2 is 1.84 bits per heavy atom. The Balaban J connectivity index is 3.27. The molecule has 4 heteroatoms. The van der Waals surface area contributed by atoms with Crippen molar-refractivity contribution in [3.63, 3.8) is 0 Å². The first kappa shape index (κ1) is 15.7. The molecule has 1 N–H and O–H groups in total. The predicted octanol–water partition coefficient (Wildman–Crippen LogP) is 3.44. The monoisotopic (exact) mass is 264 g/mol. The van der Waals surface area contributed by atoms with Crippen LogP contribution in [0.1, 0.15) is 54.3 Å². The molecule has 19 heavy (non-hydrogen) atoms. The lowest BCUT2D eigenvalue weighted by molar-refractivity contribution is 0.543. The van der Waals surface area contributed by atoms with Crippen LogP contribution in [0.3, 0.4) is 0 Å². The lowest BCUT2D eigenvalue weighted by atomic mass is 9.95. The SMILES string of the molecule is CCNc1cc(N(CC)C(C)C)nc(C(C)(C)C)n1. The van der Waals surface area contributed by atoms with Gasteiger partial charge in [0.05, 0.1) is 0 Å². The summed E-state index contributed by atoms with van der Waals surface area (Å²) < 4.78 is 0. The van der Waals surface area contributed by atoms with Gasteiger partial charge in [-0.3, -0.25) is 0 Å². The molecule has 1 heterocycles. The molecule has 1 aromatic rings. The van der Waals surface area contributed by atoms with Gasteiger partial charge in [-0.25, -0.2) is 9.97 Å². The van der Waals surface area contributed by atoms with Crippen molar-refractivity contribution in [3.05, 3.63) is 11.9 Å². The fraction of sp³-hybridized carbons (Fsp3) is 0.733. The number of nitrogens with zero attached hydrogens (tertiary/aromatic N) is 3. The summed E-state index contributed by atoms with van der Waals surface area (Å²) in [5.41, 5.74) is -0.0451. The highest BCUT2D eigenvalue weighted by molar-refractivity contribution is 5.50. The minimum Gasteiger partial charge on any atom is -0.370 e. The van der Waals surface area contributed by atoms with E-state index in [9.17, 15) is 0 Å². The van der Waals surface area contributed by atoms with Crippen LogP contribution in [0.15, 0.2) is 6.07 Å². The first-order valence-electron chi connectivity index (χ1n) is 7.19. The zero-order chi connectivity index (χ0) is 14.6. The van der Waals surface area contributed by atoms with Gasteiger partial charge < -0.3 is 10.2 Å². The van der Waals surface area contributed by atoms with Crippen LogP contribution in [0, 0.1) is 0 Å². The van der Waals surface area contributed by atoms with Crippen molar-refractivity contribution in [2.24, 2.45) is 0 Å². The highest BCUT2D eigenvalue weighted by Crippen LogP contribution is 2.24. The molecule has 1 aromatic heterocycles. The molecule has 0 unspecified atom stereocenters. The van der Waals surface area contributed by atoms with E-state index >= 15 is 0 Å². The van der Waals surface area contributed by atoms with Gasteiger partial charge in [-0.15, -0.1) is 0 Å². The van der Waals surface area contributed by atoms with E-state index in [2.05, 4.69) is 63.7 Å². The molecule has 1 rings (SSSR count). The Morgan fingerprint density at radius 1 is 1.21 bits per heavy atom. The maximum absolute atomic E-state index is 4.75. The predicted molar refractivity (Wildman–Crippen MR) is 83.1 cm³/mol. The standard InChI is InChI=1S/C15H28N4/c1-8-16-12-10-13(19(9-2)11(3)4)18-14(17-12)15(5,6)7/h10-11H,8-9H2,1-7H3,(H,16,17,18). The third-order valence-electron chi connectivity index (χ3n) is 3.00. The summed E-state index contributed by atoms with van der Waals surface area (Å²) in [6, 6.07) is 2.48. The fourth-order valence-corrected chi connectivity index (χ4v) is 1.98. The Morgan fingerprint density at radius 3 is 2.26 bits per heavy atom. The Hall–Kier alpha value is -1.32. The summed E-state index contributed by atoms with van der Waals surface area (Å²) in [5, 5.41) is 3.30. The van der Waals surface area contributed by atoms with Crippen LogP contribution in [0.5, 0.6) is 0 Å². The summed E-state index contributed by atoms with van der Waals surface area (Å²) in [4.78, 5) is 11.7. The number of aromatic nitrogens is 2. The average Bonchev–Trinajstić information content (AvgIpc) is 2.28. The second-order valence-corrected chi connectivity index (χ2v) is 6.10. The van der Waals surface area contributed by atoms with Gasteiger partial charge in [0, 0.05) is 30.6 Å². The number of anilines is 2. The van der Waals surface area contributed by atoms with E-state index < -0.39 is 0 Å². The van der Waals surface area contributed by atoms with Gasteiger partial charge in [0.15, 0.2) is 0 Å². The Kier molecular flexibility index (Phi) is 5.15. The largest absolute Gasteiger partial charge is 0.370 e. The van der Waals surface area contributed by atoms with Crippen molar-refractivity contribution in [3.8, 4) is 0 Å². The molecule has 0 atom stereocenters. The van der Waals surface area contributed by atoms with Crippen molar-refractivity contribution in [1.29, 1.82) is 0 Å². The van der Waals surface area contributed by atoms with Gasteiger partial charge in [0.25, 0.3) is 0 Å². The summed E-state index contributed by atoms with van der Waals surface area (Å²) >= 11 is 0. The fourth-order valence-electron chi connectivity index (χ4n) is 1.98. The third-order valence-corrected chi connectivity index (χ3v) is 3.00. The minimum absolute atomic E-state index is 0.0451. The molecule has 0 spiro atoms. The molecule has 0 saturated heterocycles. The van der Waals surface area contributed by atoms with Crippen molar-refractivity contribution in [2.45, 2.75) is 59.9 Å². The molecule has 0 aliphatic rings. The van der Waals surface area contributed by atoms with Crippen molar-refractivity contribution < 1.29 is 0 Å². The molecule has 0 fully saturated rings. The second-order valence-electron chi connectivity index (χ2n) is 6.10. The second kappa shape index (κ2) is 6.22. The van der Waals surface area contributed by atoms with Gasteiger partial charge in [-0.1, -0.05) is 20.8 Å². The lowest BCUT2D eigenvalue weighted by Crippen LogP contribution is -2.32. The molecule has 0 saturated carbocycles. The molecule has 0 radical (unpaired) electrons. The molecule has 0 aliphatic heterocycles. The number of hydrogen-bond acceptors (Lipinski definition) is 4. The highest BCUT2D eigenvalue weighted by atomic mass is 15.2. The topological polar surface area (TPSA) is 41.0 Å².